The molecule has 3 aliphatic rings. The Bertz CT molecular complexity index is 675. The van der Waals surface area contributed by atoms with Gasteiger partial charge in [0.15, 0.2) is 5.69 Å². The van der Waals surface area contributed by atoms with Gasteiger partial charge in [-0.2, -0.15) is 0 Å². The predicted molar refractivity (Wildman–Crippen MR) is 100.0 cm³/mol. The quantitative estimate of drug-likeness (QED) is 0.861. The number of rotatable bonds is 3. The van der Waals surface area contributed by atoms with E-state index >= 15 is 0 Å². The highest BCUT2D eigenvalue weighted by Crippen LogP contribution is 2.28. The van der Waals surface area contributed by atoms with Gasteiger partial charge in [0.1, 0.15) is 6.04 Å². The minimum absolute atomic E-state index is 0.106. The van der Waals surface area contributed by atoms with E-state index in [2.05, 4.69) is 10.3 Å². The van der Waals surface area contributed by atoms with Crippen molar-refractivity contribution >= 4 is 11.8 Å². The lowest BCUT2D eigenvalue weighted by Crippen LogP contribution is -2.49. The van der Waals surface area contributed by atoms with Crippen LogP contribution in [0.2, 0.25) is 0 Å². The molecule has 0 bridgehead atoms. The standard InChI is InChI=1S/C19H30N6O2/c20-14-6-8-15(9-7-14)25-13-16(21-22-25)18(26)24-12-4-5-17(24)19(27)23-10-2-1-3-11-23/h13-15,17H,1-12,20H2/t14?,15?,17-/m0/s1. The van der Waals surface area contributed by atoms with Crippen molar-refractivity contribution in [3.63, 3.8) is 0 Å². The van der Waals surface area contributed by atoms with E-state index in [0.29, 0.717) is 12.2 Å². The lowest BCUT2D eigenvalue weighted by atomic mass is 9.92. The molecule has 2 aliphatic heterocycles. The molecule has 0 aromatic carbocycles. The summed E-state index contributed by atoms with van der Waals surface area (Å²) in [6.45, 7) is 2.25. The SMILES string of the molecule is NC1CCC(n2cc(C(=O)N3CCC[C@H]3C(=O)N3CCCCC3)nn2)CC1. The molecule has 1 aliphatic carbocycles. The summed E-state index contributed by atoms with van der Waals surface area (Å²) < 4.78 is 1.82. The van der Waals surface area contributed by atoms with Gasteiger partial charge in [-0.05, 0) is 57.8 Å². The molecule has 2 amide bonds. The van der Waals surface area contributed by atoms with Gasteiger partial charge in [-0.3, -0.25) is 9.59 Å². The monoisotopic (exact) mass is 374 g/mol. The summed E-state index contributed by atoms with van der Waals surface area (Å²) in [7, 11) is 0. The maximum atomic E-state index is 13.0. The zero-order chi connectivity index (χ0) is 18.8. The number of aromatic nitrogens is 3. The summed E-state index contributed by atoms with van der Waals surface area (Å²) in [4.78, 5) is 29.6. The normalized spacial score (nSPS) is 29.1. The van der Waals surface area contributed by atoms with Crippen LogP contribution < -0.4 is 5.73 Å². The first-order valence-corrected chi connectivity index (χ1v) is 10.4. The fraction of sp³-hybridized carbons (Fsp3) is 0.789. The number of hydrogen-bond donors (Lipinski definition) is 1. The summed E-state index contributed by atoms with van der Waals surface area (Å²) in [5, 5.41) is 8.33. The van der Waals surface area contributed by atoms with Crippen molar-refractivity contribution in [2.75, 3.05) is 19.6 Å². The fourth-order valence-electron chi connectivity index (χ4n) is 4.66. The summed E-state index contributed by atoms with van der Waals surface area (Å²) in [5.74, 6) is -0.0594. The molecule has 1 atom stereocenters. The van der Waals surface area contributed by atoms with Crippen LogP contribution in [-0.2, 0) is 4.79 Å². The highest BCUT2D eigenvalue weighted by atomic mass is 16.2. The highest BCUT2D eigenvalue weighted by molar-refractivity contribution is 5.96. The number of nitrogens with two attached hydrogens (primary N) is 1. The van der Waals surface area contributed by atoms with Gasteiger partial charge in [0, 0.05) is 25.7 Å². The maximum Gasteiger partial charge on any atom is 0.276 e. The Morgan fingerprint density at radius 3 is 2.44 bits per heavy atom. The van der Waals surface area contributed by atoms with Crippen LogP contribution >= 0.6 is 0 Å². The first-order valence-electron chi connectivity index (χ1n) is 10.4. The number of amides is 2. The number of nitrogens with zero attached hydrogens (tertiary/aromatic N) is 5. The van der Waals surface area contributed by atoms with Crippen LogP contribution in [0.25, 0.3) is 0 Å². The number of likely N-dealkylation sites (tertiary alicyclic amines) is 2. The first-order chi connectivity index (χ1) is 13.1. The Morgan fingerprint density at radius 2 is 1.70 bits per heavy atom. The summed E-state index contributed by atoms with van der Waals surface area (Å²) >= 11 is 0. The zero-order valence-corrected chi connectivity index (χ0v) is 15.9. The second kappa shape index (κ2) is 7.96. The molecule has 148 valence electrons. The molecular formula is C19H30N6O2. The maximum absolute atomic E-state index is 13.0. The topological polar surface area (TPSA) is 97.3 Å². The van der Waals surface area contributed by atoms with E-state index in [4.69, 9.17) is 5.73 Å². The Morgan fingerprint density at radius 1 is 0.963 bits per heavy atom. The van der Waals surface area contributed by atoms with Crippen molar-refractivity contribution < 1.29 is 9.59 Å². The first kappa shape index (κ1) is 18.4. The number of carbonyl (C=O) groups is 2. The van der Waals surface area contributed by atoms with Gasteiger partial charge in [-0.25, -0.2) is 4.68 Å². The average Bonchev–Trinajstić information content (AvgIpc) is 3.38. The van der Waals surface area contributed by atoms with Crippen LogP contribution in [-0.4, -0.2) is 68.3 Å². The van der Waals surface area contributed by atoms with Crippen LogP contribution in [0.3, 0.4) is 0 Å². The van der Waals surface area contributed by atoms with E-state index in [-0.39, 0.29) is 29.9 Å². The van der Waals surface area contributed by atoms with Crippen molar-refractivity contribution in [1.82, 2.24) is 24.8 Å². The number of piperidine rings is 1. The molecule has 3 heterocycles. The van der Waals surface area contributed by atoms with E-state index < -0.39 is 0 Å². The smallest absolute Gasteiger partial charge is 0.276 e. The van der Waals surface area contributed by atoms with E-state index in [1.165, 1.54) is 6.42 Å². The van der Waals surface area contributed by atoms with Crippen molar-refractivity contribution in [3.8, 4) is 0 Å². The van der Waals surface area contributed by atoms with E-state index in [0.717, 1.165) is 64.5 Å². The minimum Gasteiger partial charge on any atom is -0.341 e. The largest absolute Gasteiger partial charge is 0.341 e. The van der Waals surface area contributed by atoms with Gasteiger partial charge in [0.05, 0.1) is 12.2 Å². The second-order valence-corrected chi connectivity index (χ2v) is 8.19. The number of hydrogen-bond acceptors (Lipinski definition) is 5. The van der Waals surface area contributed by atoms with Crippen LogP contribution in [0.4, 0.5) is 0 Å². The molecule has 4 rings (SSSR count). The van der Waals surface area contributed by atoms with E-state index in [9.17, 15) is 9.59 Å². The van der Waals surface area contributed by atoms with Crippen molar-refractivity contribution in [2.45, 2.75) is 75.9 Å². The van der Waals surface area contributed by atoms with Crippen molar-refractivity contribution in [1.29, 1.82) is 0 Å². The summed E-state index contributed by atoms with van der Waals surface area (Å²) in [6, 6.07) is 0.202. The van der Waals surface area contributed by atoms with E-state index in [1.54, 1.807) is 11.1 Å². The molecule has 2 saturated heterocycles. The van der Waals surface area contributed by atoms with Gasteiger partial charge in [0.25, 0.3) is 5.91 Å². The lowest BCUT2D eigenvalue weighted by Gasteiger charge is -2.32. The molecule has 27 heavy (non-hydrogen) atoms. The van der Waals surface area contributed by atoms with Gasteiger partial charge in [-0.15, -0.1) is 5.10 Å². The highest BCUT2D eigenvalue weighted by Gasteiger charge is 2.38. The van der Waals surface area contributed by atoms with Gasteiger partial charge in [0.2, 0.25) is 5.91 Å². The molecule has 0 spiro atoms. The molecule has 0 unspecified atom stereocenters. The fourth-order valence-corrected chi connectivity index (χ4v) is 4.66. The number of carbonyl (C=O) groups excluding carboxylic acids is 2. The van der Waals surface area contributed by atoms with Crippen LogP contribution in [0, 0.1) is 0 Å². The Balaban J connectivity index is 1.43. The molecule has 1 saturated carbocycles. The van der Waals surface area contributed by atoms with E-state index in [1.807, 2.05) is 9.58 Å². The summed E-state index contributed by atoms with van der Waals surface area (Å²) in [5.41, 5.74) is 6.32. The third kappa shape index (κ3) is 3.85. The molecular weight excluding hydrogens is 344 g/mol. The molecule has 0 radical (unpaired) electrons. The van der Waals surface area contributed by atoms with Crippen molar-refractivity contribution in [2.24, 2.45) is 5.73 Å². The molecule has 8 nitrogen and oxygen atoms in total. The third-order valence-electron chi connectivity index (χ3n) is 6.31. The zero-order valence-electron chi connectivity index (χ0n) is 15.9. The third-order valence-corrected chi connectivity index (χ3v) is 6.31. The lowest BCUT2D eigenvalue weighted by molar-refractivity contribution is -0.136. The second-order valence-electron chi connectivity index (χ2n) is 8.19. The Labute approximate surface area is 160 Å². The molecule has 1 aromatic heterocycles. The van der Waals surface area contributed by atoms with Crippen molar-refractivity contribution in [3.05, 3.63) is 11.9 Å². The molecule has 8 heteroatoms. The van der Waals surface area contributed by atoms with Gasteiger partial charge in [-0.1, -0.05) is 5.21 Å². The van der Waals surface area contributed by atoms with Gasteiger partial charge < -0.3 is 15.5 Å². The van der Waals surface area contributed by atoms with Crippen LogP contribution in [0.15, 0.2) is 6.20 Å². The average molecular weight is 374 g/mol. The van der Waals surface area contributed by atoms with Gasteiger partial charge >= 0.3 is 0 Å². The predicted octanol–water partition coefficient (Wildman–Crippen LogP) is 1.34. The molecule has 3 fully saturated rings. The molecule has 2 N–H and O–H groups in total. The molecule has 1 aromatic rings. The summed E-state index contributed by atoms with van der Waals surface area (Å²) in [6.07, 6.45) is 10.6. The van der Waals surface area contributed by atoms with Crippen LogP contribution in [0.1, 0.15) is 74.3 Å². The minimum atomic E-state index is -0.339. The van der Waals surface area contributed by atoms with Crippen LogP contribution in [0.5, 0.6) is 0 Å². The Hall–Kier alpha value is -1.96. The Kier molecular flexibility index (Phi) is 5.43.